The first-order chi connectivity index (χ1) is 11.1. The molecule has 0 bridgehead atoms. The van der Waals surface area contributed by atoms with E-state index in [2.05, 4.69) is 58.2 Å². The molecule has 0 atom stereocenters. The maximum Gasteiger partial charge on any atom is 0.198 e. The molecule has 1 N–H and O–H groups in total. The summed E-state index contributed by atoms with van der Waals surface area (Å²) in [6, 6.07) is 8.59. The van der Waals surface area contributed by atoms with Crippen LogP contribution in [0, 0.1) is 0 Å². The summed E-state index contributed by atoms with van der Waals surface area (Å²) in [5.41, 5.74) is 2.66. The molecule has 2 aliphatic rings. The van der Waals surface area contributed by atoms with Gasteiger partial charge in [-0.3, -0.25) is 9.89 Å². The summed E-state index contributed by atoms with van der Waals surface area (Å²) in [6.45, 7) is 10.1. The molecule has 0 radical (unpaired) electrons. The molecule has 0 saturated carbocycles. The Morgan fingerprint density at radius 1 is 1.29 bits per heavy atom. The van der Waals surface area contributed by atoms with Gasteiger partial charge in [-0.05, 0) is 31.9 Å². The van der Waals surface area contributed by atoms with E-state index in [0.717, 1.165) is 51.7 Å². The number of halogens is 1. The molecule has 1 aromatic rings. The van der Waals surface area contributed by atoms with Crippen molar-refractivity contribution in [3.63, 3.8) is 0 Å². The first-order valence-electron chi connectivity index (χ1n) is 8.51. The summed E-state index contributed by atoms with van der Waals surface area (Å²) in [4.78, 5) is 9.22. The van der Waals surface area contributed by atoms with Crippen LogP contribution in [0.25, 0.3) is 0 Å². The van der Waals surface area contributed by atoms with E-state index < -0.39 is 0 Å². The van der Waals surface area contributed by atoms with Crippen LogP contribution < -0.4 is 10.2 Å². The summed E-state index contributed by atoms with van der Waals surface area (Å²) in [5.74, 6) is 0.975. The monoisotopic (exact) mass is 444 g/mol. The minimum absolute atomic E-state index is 0. The third kappa shape index (κ3) is 4.61. The van der Waals surface area contributed by atoms with Crippen molar-refractivity contribution < 1.29 is 4.74 Å². The number of nitrogens with zero attached hydrogens (tertiary/aromatic N) is 3. The fourth-order valence-electron chi connectivity index (χ4n) is 3.48. The number of nitrogens with one attached hydrogen (secondary N) is 1. The summed E-state index contributed by atoms with van der Waals surface area (Å²) in [5, 5.41) is 3.52. The second-order valence-electron chi connectivity index (χ2n) is 6.89. The van der Waals surface area contributed by atoms with Crippen LogP contribution >= 0.6 is 24.0 Å². The maximum absolute atomic E-state index is 5.77. The molecular formula is C18H29IN4O. The van der Waals surface area contributed by atoms with E-state index >= 15 is 0 Å². The Morgan fingerprint density at radius 3 is 2.83 bits per heavy atom. The predicted molar refractivity (Wildman–Crippen MR) is 111 cm³/mol. The highest BCUT2D eigenvalue weighted by molar-refractivity contribution is 14.0. The molecule has 1 saturated heterocycles. The van der Waals surface area contributed by atoms with Gasteiger partial charge in [0, 0.05) is 45.5 Å². The number of para-hydroxylation sites is 1. The number of guanidine groups is 1. The van der Waals surface area contributed by atoms with E-state index in [-0.39, 0.29) is 29.6 Å². The molecular weight excluding hydrogens is 415 g/mol. The fourth-order valence-corrected chi connectivity index (χ4v) is 3.48. The Morgan fingerprint density at radius 2 is 2.08 bits per heavy atom. The van der Waals surface area contributed by atoms with E-state index in [0.29, 0.717) is 0 Å². The molecule has 0 spiro atoms. The maximum atomic E-state index is 5.77. The number of aliphatic imine (C=N–C) groups is 1. The van der Waals surface area contributed by atoms with Gasteiger partial charge in [-0.2, -0.15) is 0 Å². The van der Waals surface area contributed by atoms with Crippen LogP contribution in [0.4, 0.5) is 5.69 Å². The first-order valence-corrected chi connectivity index (χ1v) is 8.51. The van der Waals surface area contributed by atoms with Crippen LogP contribution in [0.15, 0.2) is 29.3 Å². The predicted octanol–water partition coefficient (Wildman–Crippen LogP) is 2.35. The van der Waals surface area contributed by atoms with Crippen LogP contribution in [-0.2, 0) is 11.2 Å². The van der Waals surface area contributed by atoms with Crippen molar-refractivity contribution in [3.05, 3.63) is 29.8 Å². The van der Waals surface area contributed by atoms with E-state index in [1.165, 1.54) is 11.3 Å². The van der Waals surface area contributed by atoms with Gasteiger partial charge in [0.1, 0.15) is 0 Å². The zero-order chi connectivity index (χ0) is 16.3. The van der Waals surface area contributed by atoms with Crippen molar-refractivity contribution >= 4 is 35.6 Å². The van der Waals surface area contributed by atoms with Gasteiger partial charge in [-0.1, -0.05) is 18.2 Å². The lowest BCUT2D eigenvalue weighted by Crippen LogP contribution is -2.51. The zero-order valence-corrected chi connectivity index (χ0v) is 17.2. The largest absolute Gasteiger partial charge is 0.373 e. The van der Waals surface area contributed by atoms with Crippen LogP contribution in [0.1, 0.15) is 19.4 Å². The fraction of sp³-hybridized carbons (Fsp3) is 0.611. The molecule has 1 aromatic carbocycles. The smallest absolute Gasteiger partial charge is 0.198 e. The molecule has 6 heteroatoms. The molecule has 134 valence electrons. The quantitative estimate of drug-likeness (QED) is 0.442. The highest BCUT2D eigenvalue weighted by Gasteiger charge is 2.27. The summed E-state index contributed by atoms with van der Waals surface area (Å²) < 4.78 is 5.77. The van der Waals surface area contributed by atoms with Crippen molar-refractivity contribution in [1.29, 1.82) is 0 Å². The molecule has 0 aromatic heterocycles. The average molecular weight is 444 g/mol. The number of ether oxygens (including phenoxy) is 1. The SMILES string of the molecule is CN=C(NCCN1CCOC(C)(C)C1)N1CCc2ccccc21.I. The topological polar surface area (TPSA) is 40.1 Å². The van der Waals surface area contributed by atoms with Crippen molar-refractivity contribution in [1.82, 2.24) is 10.2 Å². The summed E-state index contributed by atoms with van der Waals surface area (Å²) in [7, 11) is 1.86. The molecule has 1 fully saturated rings. The Hall–Kier alpha value is -0.860. The van der Waals surface area contributed by atoms with Crippen LogP contribution in [0.5, 0.6) is 0 Å². The molecule has 2 heterocycles. The molecule has 24 heavy (non-hydrogen) atoms. The lowest BCUT2D eigenvalue weighted by molar-refractivity contribution is -0.0852. The minimum Gasteiger partial charge on any atom is -0.373 e. The van der Waals surface area contributed by atoms with Crippen LogP contribution in [0.3, 0.4) is 0 Å². The lowest BCUT2D eigenvalue weighted by atomic mass is 10.1. The van der Waals surface area contributed by atoms with E-state index in [4.69, 9.17) is 4.74 Å². The standard InChI is InChI=1S/C18H28N4O.HI/c1-18(2)14-21(12-13-23-18)11-9-20-17(19-3)22-10-8-15-6-4-5-7-16(15)22;/h4-7H,8-14H2,1-3H3,(H,19,20);1H. The Kier molecular flexibility index (Phi) is 6.88. The van der Waals surface area contributed by atoms with Crippen molar-refractivity contribution in [2.24, 2.45) is 4.99 Å². The van der Waals surface area contributed by atoms with Gasteiger partial charge in [-0.15, -0.1) is 24.0 Å². The molecule has 0 amide bonds. The van der Waals surface area contributed by atoms with Crippen molar-refractivity contribution in [2.45, 2.75) is 25.9 Å². The van der Waals surface area contributed by atoms with Gasteiger partial charge in [0.15, 0.2) is 5.96 Å². The highest BCUT2D eigenvalue weighted by Crippen LogP contribution is 2.27. The normalized spacial score (nSPS) is 20.5. The third-order valence-electron chi connectivity index (χ3n) is 4.57. The molecule has 2 aliphatic heterocycles. The summed E-state index contributed by atoms with van der Waals surface area (Å²) in [6.07, 6.45) is 1.09. The minimum atomic E-state index is -0.0339. The first kappa shape index (κ1) is 19.5. The molecule has 0 aliphatic carbocycles. The second-order valence-corrected chi connectivity index (χ2v) is 6.89. The van der Waals surface area contributed by atoms with Crippen molar-refractivity contribution in [3.8, 4) is 0 Å². The number of anilines is 1. The van der Waals surface area contributed by atoms with Gasteiger partial charge in [0.25, 0.3) is 0 Å². The zero-order valence-electron chi connectivity index (χ0n) is 14.9. The average Bonchev–Trinajstić information content (AvgIpc) is 2.95. The van der Waals surface area contributed by atoms with Gasteiger partial charge in [0.05, 0.1) is 12.2 Å². The number of benzene rings is 1. The number of hydrogen-bond donors (Lipinski definition) is 1. The van der Waals surface area contributed by atoms with E-state index in [9.17, 15) is 0 Å². The molecule has 3 rings (SSSR count). The number of hydrogen-bond acceptors (Lipinski definition) is 3. The van der Waals surface area contributed by atoms with E-state index in [1.54, 1.807) is 0 Å². The number of fused-ring (bicyclic) bond motifs is 1. The van der Waals surface area contributed by atoms with Crippen molar-refractivity contribution in [2.75, 3.05) is 51.3 Å². The number of morpholine rings is 1. The van der Waals surface area contributed by atoms with E-state index in [1.807, 2.05) is 7.05 Å². The van der Waals surface area contributed by atoms with Gasteiger partial charge < -0.3 is 15.0 Å². The highest BCUT2D eigenvalue weighted by atomic mass is 127. The summed E-state index contributed by atoms with van der Waals surface area (Å²) >= 11 is 0. The Bertz CT molecular complexity index is 576. The second kappa shape index (κ2) is 8.49. The third-order valence-corrected chi connectivity index (χ3v) is 4.57. The van der Waals surface area contributed by atoms with Gasteiger partial charge in [0.2, 0.25) is 0 Å². The van der Waals surface area contributed by atoms with Gasteiger partial charge in [-0.25, -0.2) is 0 Å². The molecule has 5 nitrogen and oxygen atoms in total. The van der Waals surface area contributed by atoms with Crippen LogP contribution in [0.2, 0.25) is 0 Å². The number of rotatable bonds is 3. The lowest BCUT2D eigenvalue weighted by Gasteiger charge is -2.38. The Labute approximate surface area is 162 Å². The molecule has 0 unspecified atom stereocenters. The Balaban J connectivity index is 0.00000208. The van der Waals surface area contributed by atoms with Crippen LogP contribution in [-0.4, -0.2) is 62.8 Å². The van der Waals surface area contributed by atoms with Gasteiger partial charge >= 0.3 is 0 Å².